The van der Waals surface area contributed by atoms with Crippen molar-refractivity contribution in [1.82, 2.24) is 16.0 Å². The number of hydrogen-bond donors (Lipinski definition) is 3. The van der Waals surface area contributed by atoms with Crippen LogP contribution in [0.2, 0.25) is 0 Å². The first-order chi connectivity index (χ1) is 14.5. The van der Waals surface area contributed by atoms with Crippen LogP contribution in [0, 0.1) is 0 Å². The number of ether oxygens (including phenoxy) is 2. The van der Waals surface area contributed by atoms with Crippen LogP contribution in [0.25, 0.3) is 0 Å². The van der Waals surface area contributed by atoms with Crippen LogP contribution in [0.15, 0.2) is 40.7 Å². The number of halogens is 3. The Morgan fingerprint density at radius 2 is 1.94 bits per heavy atom. The average molecular weight is 568 g/mol. The van der Waals surface area contributed by atoms with Crippen molar-refractivity contribution in [3.8, 4) is 11.5 Å². The predicted molar refractivity (Wildman–Crippen MR) is 129 cm³/mol. The van der Waals surface area contributed by atoms with Crippen molar-refractivity contribution >= 4 is 47.2 Å². The molecule has 31 heavy (non-hydrogen) atoms. The van der Waals surface area contributed by atoms with Crippen molar-refractivity contribution in [1.29, 1.82) is 0 Å². The molecule has 0 fully saturated rings. The summed E-state index contributed by atoms with van der Waals surface area (Å²) in [4.78, 5) is 16.7. The molecule has 0 spiro atoms. The molecular formula is C20H27F2IN4O3S. The number of thiophene rings is 1. The summed E-state index contributed by atoms with van der Waals surface area (Å²) in [5, 5.41) is 10.9. The molecule has 0 aliphatic rings. The molecule has 0 aliphatic carbocycles. The highest BCUT2D eigenvalue weighted by molar-refractivity contribution is 14.0. The maximum absolute atomic E-state index is 12.8. The van der Waals surface area contributed by atoms with Gasteiger partial charge >= 0.3 is 6.61 Å². The largest absolute Gasteiger partial charge is 0.490 e. The fourth-order valence-electron chi connectivity index (χ4n) is 2.58. The van der Waals surface area contributed by atoms with E-state index in [1.807, 2.05) is 11.4 Å². The molecular weight excluding hydrogens is 541 g/mol. The molecule has 0 aliphatic heterocycles. The second kappa shape index (κ2) is 14.8. The van der Waals surface area contributed by atoms with Crippen molar-refractivity contribution in [3.63, 3.8) is 0 Å². The lowest BCUT2D eigenvalue weighted by Gasteiger charge is -2.17. The summed E-state index contributed by atoms with van der Waals surface area (Å²) in [5.74, 6) is 0.688. The molecule has 1 heterocycles. The van der Waals surface area contributed by atoms with Gasteiger partial charge in [0.2, 0.25) is 0 Å². The maximum Gasteiger partial charge on any atom is 0.387 e. The van der Waals surface area contributed by atoms with Crippen LogP contribution in [-0.2, 0) is 6.54 Å². The number of carbonyl (C=O) groups excluding carboxylic acids is 1. The third kappa shape index (κ3) is 9.25. The zero-order valence-corrected chi connectivity index (χ0v) is 20.5. The van der Waals surface area contributed by atoms with E-state index in [1.165, 1.54) is 11.3 Å². The number of guanidine groups is 1. The lowest BCUT2D eigenvalue weighted by atomic mass is 10.2. The number of alkyl halides is 2. The molecule has 0 radical (unpaired) electrons. The van der Waals surface area contributed by atoms with E-state index in [0.29, 0.717) is 42.5 Å². The third-order valence-electron chi connectivity index (χ3n) is 3.91. The second-order valence-electron chi connectivity index (χ2n) is 6.00. The molecule has 172 valence electrons. The zero-order chi connectivity index (χ0) is 21.8. The summed E-state index contributed by atoms with van der Waals surface area (Å²) in [6.07, 6.45) is 0.692. The Kier molecular flexibility index (Phi) is 12.8. The van der Waals surface area contributed by atoms with Gasteiger partial charge in [-0.1, -0.05) is 18.2 Å². The molecule has 1 aromatic heterocycles. The van der Waals surface area contributed by atoms with Crippen LogP contribution in [-0.4, -0.2) is 45.2 Å². The topological polar surface area (TPSA) is 84.0 Å². The van der Waals surface area contributed by atoms with Gasteiger partial charge in [-0.25, -0.2) is 0 Å². The highest BCUT2D eigenvalue weighted by Gasteiger charge is 2.16. The molecule has 1 amide bonds. The number of nitrogens with one attached hydrogen (secondary N) is 3. The van der Waals surface area contributed by atoms with Gasteiger partial charge in [-0.3, -0.25) is 9.79 Å². The molecule has 0 saturated carbocycles. The number of amides is 1. The number of carbonyl (C=O) groups is 1. The standard InChI is InChI=1S/C20H26F2N4O3S.HI/c1-3-28-15-8-4-7-14(17(15)29-19(21)22)13-26-20(23-2)25-11-6-10-24-18(27)16-9-5-12-30-16;/h4-5,7-9,12,19H,3,6,10-11,13H2,1-2H3,(H,24,27)(H2,23,25,26);1H. The van der Waals surface area contributed by atoms with Crippen LogP contribution in [0.4, 0.5) is 8.78 Å². The maximum atomic E-state index is 12.8. The molecule has 0 saturated heterocycles. The molecule has 2 aromatic rings. The molecule has 11 heteroatoms. The number of rotatable bonds is 11. The average Bonchev–Trinajstić information content (AvgIpc) is 3.26. The Balaban J connectivity index is 0.00000480. The first-order valence-corrected chi connectivity index (χ1v) is 10.4. The number of aliphatic imine (C=N–C) groups is 1. The fraction of sp³-hybridized carbons (Fsp3) is 0.400. The van der Waals surface area contributed by atoms with E-state index >= 15 is 0 Å². The van der Waals surface area contributed by atoms with Gasteiger partial charge in [0.15, 0.2) is 17.5 Å². The summed E-state index contributed by atoms with van der Waals surface area (Å²) >= 11 is 1.39. The predicted octanol–water partition coefficient (Wildman–Crippen LogP) is 3.85. The van der Waals surface area contributed by atoms with Gasteiger partial charge in [0, 0.05) is 32.2 Å². The van der Waals surface area contributed by atoms with E-state index in [4.69, 9.17) is 4.74 Å². The lowest BCUT2D eigenvalue weighted by Crippen LogP contribution is -2.38. The monoisotopic (exact) mass is 568 g/mol. The quantitative estimate of drug-likeness (QED) is 0.166. The molecule has 1 aromatic carbocycles. The molecule has 0 unspecified atom stereocenters. The Bertz CT molecular complexity index is 823. The van der Waals surface area contributed by atoms with E-state index < -0.39 is 6.61 Å². The number of benzene rings is 1. The van der Waals surface area contributed by atoms with Crippen molar-refractivity contribution < 1.29 is 23.0 Å². The summed E-state index contributed by atoms with van der Waals surface area (Å²) in [6.45, 7) is 0.464. The van der Waals surface area contributed by atoms with Gasteiger partial charge in [-0.15, -0.1) is 35.3 Å². The van der Waals surface area contributed by atoms with Gasteiger partial charge in [0.05, 0.1) is 11.5 Å². The van der Waals surface area contributed by atoms with Gasteiger partial charge < -0.3 is 25.4 Å². The summed E-state index contributed by atoms with van der Waals surface area (Å²) in [7, 11) is 1.61. The van der Waals surface area contributed by atoms with E-state index in [-0.39, 0.29) is 47.9 Å². The molecule has 7 nitrogen and oxygen atoms in total. The highest BCUT2D eigenvalue weighted by Crippen LogP contribution is 2.32. The normalized spacial score (nSPS) is 10.9. The summed E-state index contributed by atoms with van der Waals surface area (Å²) in [5.41, 5.74) is 0.521. The minimum absolute atomic E-state index is 0. The summed E-state index contributed by atoms with van der Waals surface area (Å²) in [6, 6.07) is 8.59. The Morgan fingerprint density at radius 3 is 2.58 bits per heavy atom. The van der Waals surface area contributed by atoms with Crippen LogP contribution in [0.5, 0.6) is 11.5 Å². The number of para-hydroxylation sites is 1. The van der Waals surface area contributed by atoms with Crippen molar-refractivity contribution in [3.05, 3.63) is 46.2 Å². The molecule has 2 rings (SSSR count). The van der Waals surface area contributed by atoms with Gasteiger partial charge in [-0.2, -0.15) is 8.78 Å². The summed E-state index contributed by atoms with van der Waals surface area (Å²) < 4.78 is 35.7. The van der Waals surface area contributed by atoms with E-state index in [9.17, 15) is 13.6 Å². The molecule has 0 bridgehead atoms. The highest BCUT2D eigenvalue weighted by atomic mass is 127. The van der Waals surface area contributed by atoms with E-state index in [2.05, 4.69) is 25.7 Å². The fourth-order valence-corrected chi connectivity index (χ4v) is 3.22. The SMILES string of the molecule is CCOc1cccc(CNC(=NC)NCCCNC(=O)c2cccs2)c1OC(F)F.I. The van der Waals surface area contributed by atoms with Gasteiger partial charge in [0.1, 0.15) is 0 Å². The Labute approximate surface area is 201 Å². The van der Waals surface area contributed by atoms with Crippen molar-refractivity contribution in [2.45, 2.75) is 26.5 Å². The smallest absolute Gasteiger partial charge is 0.387 e. The van der Waals surface area contributed by atoms with Crippen LogP contribution < -0.4 is 25.4 Å². The minimum Gasteiger partial charge on any atom is -0.490 e. The van der Waals surface area contributed by atoms with Gasteiger partial charge in [0.25, 0.3) is 5.91 Å². The van der Waals surface area contributed by atoms with Crippen LogP contribution >= 0.6 is 35.3 Å². The Morgan fingerprint density at radius 1 is 1.16 bits per heavy atom. The first-order valence-electron chi connectivity index (χ1n) is 9.50. The van der Waals surface area contributed by atoms with Crippen LogP contribution in [0.1, 0.15) is 28.6 Å². The minimum atomic E-state index is -2.95. The number of nitrogens with zero attached hydrogens (tertiary/aromatic N) is 1. The van der Waals surface area contributed by atoms with Crippen LogP contribution in [0.3, 0.4) is 0 Å². The van der Waals surface area contributed by atoms with E-state index in [1.54, 1.807) is 38.2 Å². The van der Waals surface area contributed by atoms with E-state index in [0.717, 1.165) is 0 Å². The third-order valence-corrected chi connectivity index (χ3v) is 4.78. The second-order valence-corrected chi connectivity index (χ2v) is 6.94. The molecule has 3 N–H and O–H groups in total. The zero-order valence-electron chi connectivity index (χ0n) is 17.3. The Hall–Kier alpha value is -2.15. The first kappa shape index (κ1) is 26.9. The number of hydrogen-bond acceptors (Lipinski definition) is 5. The molecule has 0 atom stereocenters. The van der Waals surface area contributed by atoms with Crippen molar-refractivity contribution in [2.24, 2.45) is 4.99 Å². The lowest BCUT2D eigenvalue weighted by molar-refractivity contribution is -0.0520. The van der Waals surface area contributed by atoms with Crippen molar-refractivity contribution in [2.75, 3.05) is 26.7 Å². The van der Waals surface area contributed by atoms with Gasteiger partial charge in [-0.05, 0) is 30.9 Å².